The second kappa shape index (κ2) is 6.00. The van der Waals surface area contributed by atoms with Gasteiger partial charge in [0, 0.05) is 45.3 Å². The lowest BCUT2D eigenvalue weighted by molar-refractivity contribution is 0.387. The number of nitrogens with zero attached hydrogens (tertiary/aromatic N) is 5. The Bertz CT molecular complexity index is 635. The van der Waals surface area contributed by atoms with Gasteiger partial charge in [-0.25, -0.2) is 18.4 Å². The van der Waals surface area contributed by atoms with E-state index in [1.54, 1.807) is 0 Å². The standard InChI is InChI=1S/C14H23N5O2S/c1-12-15-13(17-5-3-4-6-17)11-14(16-12)18-7-9-19(10-8-18)22(2,20)21/h11H,3-10H2,1-2H3. The molecule has 2 saturated heterocycles. The van der Waals surface area contributed by atoms with Crippen LogP contribution in [0.1, 0.15) is 18.7 Å². The lowest BCUT2D eigenvalue weighted by atomic mass is 10.3. The molecule has 0 unspecified atom stereocenters. The maximum absolute atomic E-state index is 11.6. The smallest absolute Gasteiger partial charge is 0.211 e. The van der Waals surface area contributed by atoms with Crippen molar-refractivity contribution in [3.63, 3.8) is 0 Å². The molecular weight excluding hydrogens is 302 g/mol. The largest absolute Gasteiger partial charge is 0.356 e. The van der Waals surface area contributed by atoms with Crippen LogP contribution >= 0.6 is 0 Å². The van der Waals surface area contributed by atoms with Crippen molar-refractivity contribution in [3.8, 4) is 0 Å². The fourth-order valence-electron chi connectivity index (χ4n) is 3.06. The summed E-state index contributed by atoms with van der Waals surface area (Å²) in [7, 11) is -3.10. The molecule has 3 heterocycles. The van der Waals surface area contributed by atoms with Gasteiger partial charge in [-0.05, 0) is 19.8 Å². The Balaban J connectivity index is 1.75. The molecule has 2 aliphatic heterocycles. The summed E-state index contributed by atoms with van der Waals surface area (Å²) in [6.45, 7) is 6.39. The number of piperazine rings is 1. The van der Waals surface area contributed by atoms with Crippen LogP contribution in [0.15, 0.2) is 6.07 Å². The van der Waals surface area contributed by atoms with Gasteiger partial charge >= 0.3 is 0 Å². The Kier molecular flexibility index (Phi) is 4.22. The van der Waals surface area contributed by atoms with E-state index in [0.717, 1.165) is 30.5 Å². The Morgan fingerprint density at radius 2 is 1.41 bits per heavy atom. The summed E-state index contributed by atoms with van der Waals surface area (Å²) in [4.78, 5) is 13.5. The number of hydrogen-bond donors (Lipinski definition) is 0. The van der Waals surface area contributed by atoms with Crippen LogP contribution in [0.5, 0.6) is 0 Å². The van der Waals surface area contributed by atoms with Gasteiger partial charge in [0.1, 0.15) is 17.5 Å². The van der Waals surface area contributed by atoms with Gasteiger partial charge in [0.05, 0.1) is 6.26 Å². The predicted molar refractivity (Wildman–Crippen MR) is 86.8 cm³/mol. The molecule has 0 atom stereocenters. The molecule has 7 nitrogen and oxygen atoms in total. The van der Waals surface area contributed by atoms with Gasteiger partial charge in [0.15, 0.2) is 0 Å². The number of aromatic nitrogens is 2. The second-order valence-electron chi connectivity index (χ2n) is 5.97. The molecule has 0 saturated carbocycles. The lowest BCUT2D eigenvalue weighted by Gasteiger charge is -2.34. The number of anilines is 2. The highest BCUT2D eigenvalue weighted by Gasteiger charge is 2.25. The minimum Gasteiger partial charge on any atom is -0.356 e. The van der Waals surface area contributed by atoms with Crippen LogP contribution in [-0.2, 0) is 10.0 Å². The third-order valence-electron chi connectivity index (χ3n) is 4.27. The summed E-state index contributed by atoms with van der Waals surface area (Å²) in [5, 5.41) is 0. The first-order valence-corrected chi connectivity index (χ1v) is 9.59. The zero-order valence-electron chi connectivity index (χ0n) is 13.2. The topological polar surface area (TPSA) is 69.6 Å². The lowest BCUT2D eigenvalue weighted by Crippen LogP contribution is -2.48. The first-order valence-electron chi connectivity index (χ1n) is 7.74. The number of aryl methyl sites for hydroxylation is 1. The van der Waals surface area contributed by atoms with Crippen LogP contribution in [-0.4, -0.2) is 68.2 Å². The van der Waals surface area contributed by atoms with E-state index in [-0.39, 0.29) is 0 Å². The van der Waals surface area contributed by atoms with Crippen LogP contribution in [0.3, 0.4) is 0 Å². The minimum absolute atomic E-state index is 0.515. The molecule has 2 aliphatic rings. The van der Waals surface area contributed by atoms with Crippen LogP contribution in [0.25, 0.3) is 0 Å². The van der Waals surface area contributed by atoms with Gasteiger partial charge in [0.2, 0.25) is 10.0 Å². The van der Waals surface area contributed by atoms with E-state index in [1.165, 1.54) is 23.4 Å². The van der Waals surface area contributed by atoms with Crippen molar-refractivity contribution in [3.05, 3.63) is 11.9 Å². The van der Waals surface area contributed by atoms with Gasteiger partial charge in [-0.15, -0.1) is 0 Å². The molecular formula is C14H23N5O2S. The van der Waals surface area contributed by atoms with E-state index in [9.17, 15) is 8.42 Å². The zero-order valence-corrected chi connectivity index (χ0v) is 14.0. The molecule has 3 rings (SSSR count). The molecule has 0 aromatic carbocycles. The minimum atomic E-state index is -3.10. The van der Waals surface area contributed by atoms with Crippen LogP contribution in [0, 0.1) is 6.92 Å². The van der Waals surface area contributed by atoms with Gasteiger partial charge in [-0.1, -0.05) is 0 Å². The van der Waals surface area contributed by atoms with Crippen molar-refractivity contribution in [1.29, 1.82) is 0 Å². The van der Waals surface area contributed by atoms with E-state index in [2.05, 4.69) is 19.8 Å². The Morgan fingerprint density at radius 1 is 0.909 bits per heavy atom. The summed E-state index contributed by atoms with van der Waals surface area (Å²) in [5.41, 5.74) is 0. The van der Waals surface area contributed by atoms with E-state index < -0.39 is 10.0 Å². The zero-order chi connectivity index (χ0) is 15.7. The summed E-state index contributed by atoms with van der Waals surface area (Å²) < 4.78 is 24.7. The van der Waals surface area contributed by atoms with Crippen molar-refractivity contribution in [1.82, 2.24) is 14.3 Å². The summed E-state index contributed by atoms with van der Waals surface area (Å²) in [6, 6.07) is 2.04. The predicted octanol–water partition coefficient (Wildman–Crippen LogP) is 0.467. The van der Waals surface area contributed by atoms with Crippen molar-refractivity contribution in [2.24, 2.45) is 0 Å². The van der Waals surface area contributed by atoms with E-state index in [4.69, 9.17) is 0 Å². The SMILES string of the molecule is Cc1nc(N2CCCC2)cc(N2CCN(S(C)(=O)=O)CC2)n1. The van der Waals surface area contributed by atoms with Gasteiger partial charge < -0.3 is 9.80 Å². The third-order valence-corrected chi connectivity index (χ3v) is 5.58. The van der Waals surface area contributed by atoms with Crippen LogP contribution in [0.2, 0.25) is 0 Å². The van der Waals surface area contributed by atoms with E-state index in [0.29, 0.717) is 26.2 Å². The Morgan fingerprint density at radius 3 is 1.91 bits per heavy atom. The molecule has 0 amide bonds. The molecule has 122 valence electrons. The molecule has 22 heavy (non-hydrogen) atoms. The monoisotopic (exact) mass is 325 g/mol. The maximum atomic E-state index is 11.6. The maximum Gasteiger partial charge on any atom is 0.211 e. The van der Waals surface area contributed by atoms with Crippen molar-refractivity contribution < 1.29 is 8.42 Å². The van der Waals surface area contributed by atoms with Crippen LogP contribution < -0.4 is 9.80 Å². The first-order chi connectivity index (χ1) is 10.4. The highest BCUT2D eigenvalue weighted by atomic mass is 32.2. The van der Waals surface area contributed by atoms with Gasteiger partial charge in [0.25, 0.3) is 0 Å². The molecule has 0 spiro atoms. The van der Waals surface area contributed by atoms with E-state index >= 15 is 0 Å². The second-order valence-corrected chi connectivity index (χ2v) is 7.96. The average Bonchev–Trinajstić information content (AvgIpc) is 3.00. The van der Waals surface area contributed by atoms with E-state index in [1.807, 2.05) is 13.0 Å². The number of sulfonamides is 1. The highest BCUT2D eigenvalue weighted by Crippen LogP contribution is 2.23. The summed E-state index contributed by atoms with van der Waals surface area (Å²) in [6.07, 6.45) is 3.69. The van der Waals surface area contributed by atoms with Gasteiger partial charge in [-0.2, -0.15) is 4.31 Å². The normalized spacial score (nSPS) is 20.6. The van der Waals surface area contributed by atoms with Crippen LogP contribution in [0.4, 0.5) is 11.6 Å². The average molecular weight is 325 g/mol. The summed E-state index contributed by atoms with van der Waals surface area (Å²) >= 11 is 0. The quantitative estimate of drug-likeness (QED) is 0.804. The molecule has 0 bridgehead atoms. The third kappa shape index (κ3) is 3.33. The molecule has 0 N–H and O–H groups in total. The van der Waals surface area contributed by atoms with Crippen molar-refractivity contribution in [2.45, 2.75) is 19.8 Å². The first kappa shape index (κ1) is 15.5. The molecule has 1 aromatic rings. The van der Waals surface area contributed by atoms with Crippen molar-refractivity contribution >= 4 is 21.7 Å². The summed E-state index contributed by atoms with van der Waals surface area (Å²) in [5.74, 6) is 2.66. The highest BCUT2D eigenvalue weighted by molar-refractivity contribution is 7.88. The molecule has 1 aromatic heterocycles. The molecule has 8 heteroatoms. The molecule has 0 radical (unpaired) electrons. The van der Waals surface area contributed by atoms with Crippen molar-refractivity contribution in [2.75, 3.05) is 55.3 Å². The Hall–Kier alpha value is -1.41. The van der Waals surface area contributed by atoms with Gasteiger partial charge in [-0.3, -0.25) is 0 Å². The number of hydrogen-bond acceptors (Lipinski definition) is 6. The molecule has 0 aliphatic carbocycles. The fraction of sp³-hybridized carbons (Fsp3) is 0.714. The number of rotatable bonds is 3. The fourth-order valence-corrected chi connectivity index (χ4v) is 3.88. The molecule has 2 fully saturated rings. The Labute approximate surface area is 132 Å².